The molecular weight excluding hydrogens is 610 g/mol. The first kappa shape index (κ1) is 31.0. The third kappa shape index (κ3) is 6.66. The Bertz CT molecular complexity index is 1940. The molecule has 6 rings (SSSR count). The van der Waals surface area contributed by atoms with Gasteiger partial charge >= 0.3 is 0 Å². The average molecular weight is 640 g/mol. The minimum absolute atomic E-state index is 0.109. The quantitative estimate of drug-likeness (QED) is 0.165. The standard InChI is InChI=1S/C34H30ClN5O6/c1-34(2,33(41)42)40-17-23-11-26(35)29(13-28(23)45-18-21-10-20(14-36)15-37-16-21)46-32-25-5-3-4-24(31(25)38-19-39-32)22-6-7-27-30(12-22)44-9-8-43-27/h3-7,10-13,15-16,19,33,40-42H,8-9,17-18H2,1-2H3. The van der Waals surface area contributed by atoms with Crippen molar-refractivity contribution in [2.24, 2.45) is 0 Å². The number of aromatic nitrogens is 3. The maximum Gasteiger partial charge on any atom is 0.230 e. The van der Waals surface area contributed by atoms with Gasteiger partial charge in [-0.1, -0.05) is 29.8 Å². The largest absolute Gasteiger partial charge is 0.488 e. The molecule has 3 N–H and O–H groups in total. The Morgan fingerprint density at radius 3 is 2.65 bits per heavy atom. The number of halogens is 1. The van der Waals surface area contributed by atoms with E-state index in [0.29, 0.717) is 63.9 Å². The molecule has 0 spiro atoms. The van der Waals surface area contributed by atoms with Crippen LogP contribution in [0.5, 0.6) is 28.9 Å². The van der Waals surface area contributed by atoms with E-state index < -0.39 is 11.8 Å². The zero-order chi connectivity index (χ0) is 32.3. The second-order valence-electron chi connectivity index (χ2n) is 11.2. The van der Waals surface area contributed by atoms with E-state index in [1.54, 1.807) is 38.2 Å². The van der Waals surface area contributed by atoms with E-state index in [2.05, 4.69) is 26.3 Å². The molecule has 0 saturated heterocycles. The number of hydrogen-bond acceptors (Lipinski definition) is 11. The van der Waals surface area contributed by atoms with Crippen LogP contribution in [0.3, 0.4) is 0 Å². The monoisotopic (exact) mass is 639 g/mol. The summed E-state index contributed by atoms with van der Waals surface area (Å²) in [5.41, 5.74) is 3.16. The number of ether oxygens (including phenoxy) is 4. The van der Waals surface area contributed by atoms with Crippen LogP contribution < -0.4 is 24.3 Å². The maximum atomic E-state index is 9.78. The molecule has 0 unspecified atom stereocenters. The van der Waals surface area contributed by atoms with Gasteiger partial charge in [-0.25, -0.2) is 9.97 Å². The zero-order valence-corrected chi connectivity index (χ0v) is 25.8. The summed E-state index contributed by atoms with van der Waals surface area (Å²) in [5, 5.41) is 32.9. The van der Waals surface area contributed by atoms with E-state index in [9.17, 15) is 15.5 Å². The molecule has 234 valence electrons. The Morgan fingerprint density at radius 1 is 1.02 bits per heavy atom. The first-order valence-corrected chi connectivity index (χ1v) is 14.8. The van der Waals surface area contributed by atoms with Crippen molar-refractivity contribution in [2.75, 3.05) is 13.2 Å². The molecule has 5 aromatic rings. The molecule has 0 saturated carbocycles. The molecule has 46 heavy (non-hydrogen) atoms. The van der Waals surface area contributed by atoms with Gasteiger partial charge in [0.1, 0.15) is 38.0 Å². The van der Waals surface area contributed by atoms with E-state index in [1.807, 2.05) is 36.4 Å². The minimum atomic E-state index is -1.60. The summed E-state index contributed by atoms with van der Waals surface area (Å²) in [4.78, 5) is 13.1. The van der Waals surface area contributed by atoms with Gasteiger partial charge in [-0.3, -0.25) is 4.98 Å². The lowest BCUT2D eigenvalue weighted by Crippen LogP contribution is -2.49. The predicted molar refractivity (Wildman–Crippen MR) is 170 cm³/mol. The van der Waals surface area contributed by atoms with Gasteiger partial charge in [-0.05, 0) is 49.7 Å². The Hall–Kier alpha value is -4.99. The van der Waals surface area contributed by atoms with Crippen molar-refractivity contribution in [3.8, 4) is 46.1 Å². The number of nitriles is 1. The Labute approximate surface area is 270 Å². The fourth-order valence-corrected chi connectivity index (χ4v) is 5.05. The van der Waals surface area contributed by atoms with Crippen LogP contribution in [0.15, 0.2) is 73.3 Å². The van der Waals surface area contributed by atoms with Crippen LogP contribution in [0.4, 0.5) is 0 Å². The van der Waals surface area contributed by atoms with Gasteiger partial charge in [0.05, 0.1) is 27.0 Å². The molecule has 0 atom stereocenters. The number of benzene rings is 3. The van der Waals surface area contributed by atoms with E-state index in [-0.39, 0.29) is 23.9 Å². The van der Waals surface area contributed by atoms with Crippen molar-refractivity contribution in [1.82, 2.24) is 20.3 Å². The molecule has 3 heterocycles. The molecule has 0 fully saturated rings. The van der Waals surface area contributed by atoms with Crippen LogP contribution in [0.1, 0.15) is 30.5 Å². The highest BCUT2D eigenvalue weighted by molar-refractivity contribution is 6.32. The van der Waals surface area contributed by atoms with E-state index in [1.165, 1.54) is 12.5 Å². The van der Waals surface area contributed by atoms with Gasteiger partial charge in [0.15, 0.2) is 23.5 Å². The van der Waals surface area contributed by atoms with Gasteiger partial charge in [-0.15, -0.1) is 0 Å². The van der Waals surface area contributed by atoms with Crippen molar-refractivity contribution in [3.05, 3.63) is 95.0 Å². The van der Waals surface area contributed by atoms with Crippen molar-refractivity contribution in [2.45, 2.75) is 38.8 Å². The fourth-order valence-electron chi connectivity index (χ4n) is 4.82. The molecule has 12 heteroatoms. The number of rotatable bonds is 10. The first-order valence-electron chi connectivity index (χ1n) is 14.4. The van der Waals surface area contributed by atoms with Gasteiger partial charge in [0, 0.05) is 41.7 Å². The molecule has 0 bridgehead atoms. The van der Waals surface area contributed by atoms with Crippen LogP contribution in [-0.2, 0) is 13.2 Å². The lowest BCUT2D eigenvalue weighted by molar-refractivity contribution is -0.0973. The second kappa shape index (κ2) is 13.2. The molecular formula is C34H30ClN5O6. The predicted octanol–water partition coefficient (Wildman–Crippen LogP) is 5.54. The summed E-state index contributed by atoms with van der Waals surface area (Å²) in [7, 11) is 0. The normalized spacial score (nSPS) is 12.6. The van der Waals surface area contributed by atoms with E-state index >= 15 is 0 Å². The molecule has 0 amide bonds. The molecule has 1 aliphatic rings. The maximum absolute atomic E-state index is 9.78. The SMILES string of the molecule is CC(C)(NCc1cc(Cl)c(Oc2ncnc3c(-c4ccc5c(c4)OCCO5)cccc23)cc1OCc1cncc(C#N)c1)C(O)O. The Balaban J connectivity index is 1.34. The summed E-state index contributed by atoms with van der Waals surface area (Å²) >= 11 is 6.74. The third-order valence-electron chi connectivity index (χ3n) is 7.50. The van der Waals surface area contributed by atoms with Gasteiger partial charge in [-0.2, -0.15) is 5.26 Å². The highest BCUT2D eigenvalue weighted by Crippen LogP contribution is 2.40. The highest BCUT2D eigenvalue weighted by atomic mass is 35.5. The van der Waals surface area contributed by atoms with Crippen LogP contribution >= 0.6 is 11.6 Å². The number of pyridine rings is 1. The van der Waals surface area contributed by atoms with Gasteiger partial charge in [0.2, 0.25) is 5.88 Å². The van der Waals surface area contributed by atoms with Crippen LogP contribution in [-0.4, -0.2) is 50.2 Å². The van der Waals surface area contributed by atoms with E-state index in [0.717, 1.165) is 11.1 Å². The summed E-state index contributed by atoms with van der Waals surface area (Å²) in [6, 6.07) is 18.6. The van der Waals surface area contributed by atoms with Crippen molar-refractivity contribution in [3.63, 3.8) is 0 Å². The number of nitrogens with one attached hydrogen (secondary N) is 1. The van der Waals surface area contributed by atoms with Crippen LogP contribution in [0, 0.1) is 11.3 Å². The zero-order valence-electron chi connectivity index (χ0n) is 25.0. The molecule has 2 aromatic heterocycles. The topological polar surface area (TPSA) is 152 Å². The second-order valence-corrected chi connectivity index (χ2v) is 11.6. The fraction of sp³-hybridized carbons (Fsp3) is 0.235. The number of para-hydroxylation sites is 1. The van der Waals surface area contributed by atoms with E-state index in [4.69, 9.17) is 30.5 Å². The first-order chi connectivity index (χ1) is 22.2. The number of nitrogens with zero attached hydrogens (tertiary/aromatic N) is 4. The third-order valence-corrected chi connectivity index (χ3v) is 7.80. The molecule has 0 radical (unpaired) electrons. The molecule has 0 aliphatic carbocycles. The summed E-state index contributed by atoms with van der Waals surface area (Å²) in [6.07, 6.45) is 2.91. The van der Waals surface area contributed by atoms with Crippen molar-refractivity contribution in [1.29, 1.82) is 5.26 Å². The van der Waals surface area contributed by atoms with Gasteiger partial charge in [0.25, 0.3) is 0 Å². The minimum Gasteiger partial charge on any atom is -0.488 e. The number of hydrogen-bond donors (Lipinski definition) is 3. The van der Waals surface area contributed by atoms with Crippen molar-refractivity contribution < 1.29 is 29.2 Å². The lowest BCUT2D eigenvalue weighted by atomic mass is 10.0. The Morgan fingerprint density at radius 2 is 1.85 bits per heavy atom. The smallest absolute Gasteiger partial charge is 0.230 e. The average Bonchev–Trinajstić information content (AvgIpc) is 3.07. The summed E-state index contributed by atoms with van der Waals surface area (Å²) in [5.74, 6) is 2.37. The van der Waals surface area contributed by atoms with Crippen LogP contribution in [0.2, 0.25) is 5.02 Å². The molecule has 3 aromatic carbocycles. The van der Waals surface area contributed by atoms with Crippen LogP contribution in [0.25, 0.3) is 22.0 Å². The van der Waals surface area contributed by atoms with Crippen molar-refractivity contribution >= 4 is 22.5 Å². The molecule has 1 aliphatic heterocycles. The number of aliphatic hydroxyl groups is 2. The number of fused-ring (bicyclic) bond motifs is 2. The number of aliphatic hydroxyl groups excluding tert-OH is 1. The molecule has 11 nitrogen and oxygen atoms in total. The Kier molecular flexibility index (Phi) is 8.87. The highest BCUT2D eigenvalue weighted by Gasteiger charge is 2.26. The summed E-state index contributed by atoms with van der Waals surface area (Å²) < 4.78 is 24.0. The lowest BCUT2D eigenvalue weighted by Gasteiger charge is -2.28. The summed E-state index contributed by atoms with van der Waals surface area (Å²) in [6.45, 7) is 4.63. The van der Waals surface area contributed by atoms with Gasteiger partial charge < -0.3 is 34.5 Å².